The maximum atomic E-state index is 10.5. The quantitative estimate of drug-likeness (QED) is 0.370. The number of aliphatic hydroxyl groups excluding tert-OH is 1. The van der Waals surface area contributed by atoms with Gasteiger partial charge in [-0.1, -0.05) is 79.3 Å². The largest absolute Gasteiger partial charge is 0.494 e. The molecular formula is C24H35IO3. The zero-order chi connectivity index (χ0) is 19.7. The number of rotatable bonds is 5. The van der Waals surface area contributed by atoms with Crippen LogP contribution in [0, 0.1) is 17.8 Å². The maximum absolute atomic E-state index is 10.5. The van der Waals surface area contributed by atoms with Crippen molar-refractivity contribution in [3.63, 3.8) is 0 Å². The van der Waals surface area contributed by atoms with Crippen molar-refractivity contribution in [2.75, 3.05) is 0 Å². The summed E-state index contributed by atoms with van der Waals surface area (Å²) in [5, 5.41) is 10.5. The number of alkyl halides is 1. The first-order chi connectivity index (χ1) is 13.5. The molecule has 1 N–H and O–H groups in total. The van der Waals surface area contributed by atoms with E-state index in [1.807, 2.05) is 0 Å². The van der Waals surface area contributed by atoms with E-state index in [0.29, 0.717) is 9.84 Å². The zero-order valence-corrected chi connectivity index (χ0v) is 19.4. The van der Waals surface area contributed by atoms with E-state index in [1.54, 1.807) is 0 Å². The Morgan fingerprint density at radius 2 is 2.07 bits per heavy atom. The summed E-state index contributed by atoms with van der Waals surface area (Å²) < 4.78 is 13.1. The third-order valence-electron chi connectivity index (χ3n) is 7.27. The van der Waals surface area contributed by atoms with Gasteiger partial charge in [0.05, 0.1) is 11.9 Å². The molecule has 1 fully saturated rings. The number of hydrogen-bond donors (Lipinski definition) is 1. The van der Waals surface area contributed by atoms with E-state index < -0.39 is 6.29 Å². The van der Waals surface area contributed by atoms with E-state index in [-0.39, 0.29) is 18.1 Å². The average Bonchev–Trinajstić information content (AvgIpc) is 2.71. The van der Waals surface area contributed by atoms with Crippen LogP contribution in [0.3, 0.4) is 0 Å². The van der Waals surface area contributed by atoms with Crippen molar-refractivity contribution in [2.45, 2.75) is 94.1 Å². The highest BCUT2D eigenvalue weighted by Crippen LogP contribution is 2.45. The molecule has 0 radical (unpaired) electrons. The topological polar surface area (TPSA) is 38.7 Å². The van der Waals surface area contributed by atoms with Crippen LogP contribution in [-0.4, -0.2) is 27.5 Å². The van der Waals surface area contributed by atoms with Crippen molar-refractivity contribution in [3.8, 4) is 0 Å². The molecule has 0 bridgehead atoms. The minimum Gasteiger partial charge on any atom is -0.494 e. The fraction of sp³-hybridized carbons (Fsp3) is 0.750. The van der Waals surface area contributed by atoms with Crippen LogP contribution < -0.4 is 0 Å². The van der Waals surface area contributed by atoms with Crippen LogP contribution in [0.1, 0.15) is 71.6 Å². The number of hydrogen-bond acceptors (Lipinski definition) is 3. The Morgan fingerprint density at radius 3 is 2.86 bits per heavy atom. The van der Waals surface area contributed by atoms with Crippen LogP contribution in [0.25, 0.3) is 0 Å². The van der Waals surface area contributed by atoms with Gasteiger partial charge in [0, 0.05) is 21.3 Å². The summed E-state index contributed by atoms with van der Waals surface area (Å²) in [4.78, 5) is 0. The standard InChI is InChI=1S/C24H35IO3/c1-15-22(27-16(2)21(25)14-17-8-4-3-5-9-17)13-12-19-18-10-6-7-11-20(18)24(26)28-23(15)19/h7,11,13,15-17,19,21,23-24,26H,3-6,8-10,12,14H2,1-2H3/t15?,16?,19?,21-,23+,24?/m1/s1. The molecule has 1 heterocycles. The van der Waals surface area contributed by atoms with Gasteiger partial charge in [-0.3, -0.25) is 0 Å². The van der Waals surface area contributed by atoms with Crippen LogP contribution in [-0.2, 0) is 9.47 Å². The lowest BCUT2D eigenvalue weighted by Crippen LogP contribution is -2.44. The number of aliphatic hydroxyl groups is 1. The predicted molar refractivity (Wildman–Crippen MR) is 121 cm³/mol. The van der Waals surface area contributed by atoms with Gasteiger partial charge in [-0.15, -0.1) is 0 Å². The van der Waals surface area contributed by atoms with Crippen molar-refractivity contribution < 1.29 is 14.6 Å². The van der Waals surface area contributed by atoms with Crippen LogP contribution in [0.2, 0.25) is 0 Å². The normalized spacial score (nSPS) is 35.6. The first kappa shape index (κ1) is 20.9. The highest BCUT2D eigenvalue weighted by atomic mass is 127. The molecule has 156 valence electrons. The molecule has 0 spiro atoms. The lowest BCUT2D eigenvalue weighted by atomic mass is 9.73. The van der Waals surface area contributed by atoms with E-state index in [2.05, 4.69) is 54.7 Å². The molecule has 4 heteroatoms. The molecule has 4 rings (SSSR count). The minimum absolute atomic E-state index is 0.0263. The Bertz CT molecular complexity index is 646. The smallest absolute Gasteiger partial charge is 0.181 e. The van der Waals surface area contributed by atoms with Crippen molar-refractivity contribution in [1.82, 2.24) is 0 Å². The minimum atomic E-state index is -0.782. The molecular weight excluding hydrogens is 463 g/mol. The summed E-state index contributed by atoms with van der Waals surface area (Å²) in [5.74, 6) is 2.53. The van der Waals surface area contributed by atoms with Crippen molar-refractivity contribution >= 4 is 22.6 Å². The summed E-state index contributed by atoms with van der Waals surface area (Å²) in [5.41, 5.74) is 2.41. The second kappa shape index (κ2) is 9.22. The Hall–Kier alpha value is -0.330. The summed E-state index contributed by atoms with van der Waals surface area (Å²) in [6, 6.07) is 0. The Morgan fingerprint density at radius 1 is 1.29 bits per heavy atom. The van der Waals surface area contributed by atoms with E-state index in [9.17, 15) is 5.11 Å². The molecule has 1 aliphatic heterocycles. The van der Waals surface area contributed by atoms with Crippen LogP contribution in [0.4, 0.5) is 0 Å². The second-order valence-electron chi connectivity index (χ2n) is 9.19. The Kier molecular flexibility index (Phi) is 6.89. The lowest BCUT2D eigenvalue weighted by Gasteiger charge is -2.44. The molecule has 0 aromatic carbocycles. The SMILES string of the molecule is CC1C(OC(C)[C@H](I)CC2CCCCC2)=CCC2C3=C(C=CCC3)C(O)O[C@@H]12. The van der Waals surface area contributed by atoms with Gasteiger partial charge in [-0.05, 0) is 44.6 Å². The number of fused-ring (bicyclic) bond motifs is 2. The molecule has 3 aliphatic carbocycles. The monoisotopic (exact) mass is 498 g/mol. The Balaban J connectivity index is 1.40. The van der Waals surface area contributed by atoms with Gasteiger partial charge in [0.2, 0.25) is 0 Å². The number of allylic oxidation sites excluding steroid dienone is 2. The third kappa shape index (κ3) is 4.39. The molecule has 4 unspecified atom stereocenters. The van der Waals surface area contributed by atoms with Crippen molar-refractivity contribution in [1.29, 1.82) is 0 Å². The highest BCUT2D eigenvalue weighted by Gasteiger charge is 2.43. The van der Waals surface area contributed by atoms with Gasteiger partial charge in [0.1, 0.15) is 6.10 Å². The van der Waals surface area contributed by atoms with E-state index in [4.69, 9.17) is 9.47 Å². The van der Waals surface area contributed by atoms with Gasteiger partial charge in [-0.2, -0.15) is 0 Å². The van der Waals surface area contributed by atoms with E-state index in [1.165, 1.54) is 44.1 Å². The average molecular weight is 498 g/mol. The first-order valence-corrected chi connectivity index (χ1v) is 12.5. The molecule has 0 aromatic heterocycles. The van der Waals surface area contributed by atoms with Crippen LogP contribution in [0.5, 0.6) is 0 Å². The molecule has 0 aromatic rings. The molecule has 0 saturated heterocycles. The number of halogens is 1. The lowest BCUT2D eigenvalue weighted by molar-refractivity contribution is -0.155. The second-order valence-corrected chi connectivity index (χ2v) is 10.8. The van der Waals surface area contributed by atoms with Crippen molar-refractivity contribution in [3.05, 3.63) is 35.1 Å². The van der Waals surface area contributed by atoms with Gasteiger partial charge >= 0.3 is 0 Å². The predicted octanol–water partition coefficient (Wildman–Crippen LogP) is 6.07. The fourth-order valence-electron chi connectivity index (χ4n) is 5.57. The zero-order valence-electron chi connectivity index (χ0n) is 17.3. The fourth-order valence-corrected chi connectivity index (χ4v) is 6.43. The van der Waals surface area contributed by atoms with Crippen LogP contribution >= 0.6 is 22.6 Å². The molecule has 1 saturated carbocycles. The number of ether oxygens (including phenoxy) is 2. The maximum Gasteiger partial charge on any atom is 0.181 e. The summed E-state index contributed by atoms with van der Waals surface area (Å²) in [6.07, 6.45) is 17.4. The van der Waals surface area contributed by atoms with Gasteiger partial charge in [0.25, 0.3) is 0 Å². The van der Waals surface area contributed by atoms with Gasteiger partial charge in [-0.25, -0.2) is 0 Å². The summed E-state index contributed by atoms with van der Waals surface area (Å²) in [6.45, 7) is 4.43. The van der Waals surface area contributed by atoms with E-state index in [0.717, 1.165) is 36.5 Å². The molecule has 28 heavy (non-hydrogen) atoms. The molecule has 3 nitrogen and oxygen atoms in total. The van der Waals surface area contributed by atoms with Crippen molar-refractivity contribution in [2.24, 2.45) is 17.8 Å². The third-order valence-corrected chi connectivity index (χ3v) is 8.80. The highest BCUT2D eigenvalue weighted by molar-refractivity contribution is 14.1. The van der Waals surface area contributed by atoms with Gasteiger partial charge in [0.15, 0.2) is 6.29 Å². The molecule has 0 amide bonds. The summed E-state index contributed by atoms with van der Waals surface area (Å²) in [7, 11) is 0. The van der Waals surface area contributed by atoms with Gasteiger partial charge < -0.3 is 14.6 Å². The first-order valence-electron chi connectivity index (χ1n) is 11.3. The molecule has 6 atom stereocenters. The van der Waals surface area contributed by atoms with Crippen LogP contribution in [0.15, 0.2) is 35.1 Å². The molecule has 4 aliphatic rings. The van der Waals surface area contributed by atoms with E-state index >= 15 is 0 Å². The Labute approximate surface area is 183 Å². The summed E-state index contributed by atoms with van der Waals surface area (Å²) >= 11 is 2.60.